The van der Waals surface area contributed by atoms with Gasteiger partial charge in [-0.2, -0.15) is 0 Å². The Morgan fingerprint density at radius 3 is 2.53 bits per heavy atom. The largest absolute Gasteiger partial charge is 0.305 e. The number of aromatic nitrogens is 3. The molecule has 1 aromatic carbocycles. The van der Waals surface area contributed by atoms with Gasteiger partial charge in [-0.15, -0.1) is 10.2 Å². The molecule has 0 saturated heterocycles. The molecule has 0 aliphatic carbocycles. The highest BCUT2D eigenvalue weighted by atomic mass is 79.9. The number of hydrogen-bond acceptors (Lipinski definition) is 2. The molecule has 1 heterocycles. The van der Waals surface area contributed by atoms with Crippen molar-refractivity contribution in [2.24, 2.45) is 0 Å². The molecule has 0 spiro atoms. The first-order chi connectivity index (χ1) is 8.86. The molecule has 0 aliphatic heterocycles. The summed E-state index contributed by atoms with van der Waals surface area (Å²) in [5.41, 5.74) is 1.87. The summed E-state index contributed by atoms with van der Waals surface area (Å²) in [5, 5.41) is 9.98. The van der Waals surface area contributed by atoms with Crippen molar-refractivity contribution in [3.05, 3.63) is 34.6 Å². The van der Waals surface area contributed by atoms with Crippen LogP contribution >= 0.6 is 27.5 Å². The Bertz CT molecular complexity index is 599. The van der Waals surface area contributed by atoms with E-state index in [1.165, 1.54) is 0 Å². The van der Waals surface area contributed by atoms with Gasteiger partial charge in [-0.05, 0) is 39.3 Å². The van der Waals surface area contributed by atoms with Crippen LogP contribution in [0.2, 0.25) is 5.02 Å². The molecule has 5 heteroatoms. The van der Waals surface area contributed by atoms with Gasteiger partial charge in [0, 0.05) is 11.1 Å². The maximum Gasteiger partial charge on any atom is 0.166 e. The second-order valence-corrected chi connectivity index (χ2v) is 6.45. The molecule has 2 rings (SSSR count). The van der Waals surface area contributed by atoms with Gasteiger partial charge >= 0.3 is 0 Å². The van der Waals surface area contributed by atoms with Crippen LogP contribution in [0, 0.1) is 6.92 Å². The molecule has 0 amide bonds. The molecule has 0 fully saturated rings. The Hall–Kier alpha value is -0.870. The second kappa shape index (κ2) is 5.25. The Balaban J connectivity index is 2.70. The predicted molar refractivity (Wildman–Crippen MR) is 82.8 cm³/mol. The molecule has 0 aliphatic rings. The van der Waals surface area contributed by atoms with Crippen LogP contribution in [0.5, 0.6) is 0 Å². The lowest BCUT2D eigenvalue weighted by Crippen LogP contribution is -2.24. The van der Waals surface area contributed by atoms with E-state index in [0.717, 1.165) is 27.8 Å². The fourth-order valence-electron chi connectivity index (χ4n) is 2.10. The molecule has 3 nitrogen and oxygen atoms in total. The number of hydrogen-bond donors (Lipinski definition) is 0. The average Bonchev–Trinajstić information content (AvgIpc) is 2.76. The molecule has 0 radical (unpaired) electrons. The summed E-state index contributed by atoms with van der Waals surface area (Å²) >= 11 is 9.87. The normalized spacial score (nSPS) is 11.9. The number of aryl methyl sites for hydroxylation is 1. The van der Waals surface area contributed by atoms with E-state index in [9.17, 15) is 0 Å². The van der Waals surface area contributed by atoms with E-state index < -0.39 is 0 Å². The fraction of sp³-hybridized carbons (Fsp3) is 0.429. The first-order valence-corrected chi connectivity index (χ1v) is 7.62. The summed E-state index contributed by atoms with van der Waals surface area (Å²) < 4.78 is 2.13. The summed E-state index contributed by atoms with van der Waals surface area (Å²) in [7, 11) is 0. The highest BCUT2D eigenvalue weighted by molar-refractivity contribution is 9.08. The third-order valence-electron chi connectivity index (χ3n) is 2.95. The van der Waals surface area contributed by atoms with Gasteiger partial charge in [0.25, 0.3) is 0 Å². The van der Waals surface area contributed by atoms with E-state index in [4.69, 9.17) is 11.6 Å². The predicted octanol–water partition coefficient (Wildman–Crippen LogP) is 4.56. The van der Waals surface area contributed by atoms with Gasteiger partial charge in [0.15, 0.2) is 5.82 Å². The van der Waals surface area contributed by atoms with Crippen molar-refractivity contribution < 1.29 is 0 Å². The third kappa shape index (κ3) is 2.70. The van der Waals surface area contributed by atoms with Crippen LogP contribution < -0.4 is 0 Å². The molecule has 0 N–H and O–H groups in total. The van der Waals surface area contributed by atoms with Crippen LogP contribution in [-0.2, 0) is 10.9 Å². The van der Waals surface area contributed by atoms with Crippen molar-refractivity contribution in [3.8, 4) is 11.4 Å². The van der Waals surface area contributed by atoms with Gasteiger partial charge < -0.3 is 4.57 Å². The van der Waals surface area contributed by atoms with Crippen LogP contribution in [0.4, 0.5) is 0 Å². The third-order valence-corrected chi connectivity index (χ3v) is 3.96. The van der Waals surface area contributed by atoms with Crippen molar-refractivity contribution in [2.75, 3.05) is 0 Å². The van der Waals surface area contributed by atoms with E-state index in [-0.39, 0.29) is 5.54 Å². The Labute approximate surface area is 127 Å². The lowest BCUT2D eigenvalue weighted by atomic mass is 10.1. The SMILES string of the molecule is Cc1cccc(-c2nnc(CBr)n2C(C)(C)C)c1Cl. The number of alkyl halides is 1. The summed E-state index contributed by atoms with van der Waals surface area (Å²) in [6.45, 7) is 8.40. The molecule has 0 unspecified atom stereocenters. The average molecular weight is 343 g/mol. The summed E-state index contributed by atoms with van der Waals surface area (Å²) in [4.78, 5) is 0. The lowest BCUT2D eigenvalue weighted by molar-refractivity contribution is 0.391. The molecule has 0 atom stereocenters. The van der Waals surface area contributed by atoms with Crippen molar-refractivity contribution in [1.29, 1.82) is 0 Å². The highest BCUT2D eigenvalue weighted by Gasteiger charge is 2.24. The molecule has 0 bridgehead atoms. The molecule has 1 aromatic heterocycles. The summed E-state index contributed by atoms with van der Waals surface area (Å²) in [5.74, 6) is 1.72. The standard InChI is InChI=1S/C14H17BrClN3/c1-9-6-5-7-10(12(9)16)13-18-17-11(8-15)19(13)14(2,3)4/h5-7H,8H2,1-4H3. The topological polar surface area (TPSA) is 30.7 Å². The van der Waals surface area contributed by atoms with Crippen LogP contribution in [0.1, 0.15) is 32.2 Å². The first kappa shape index (κ1) is 14.5. The number of nitrogens with zero attached hydrogens (tertiary/aromatic N) is 3. The minimum Gasteiger partial charge on any atom is -0.305 e. The van der Waals surface area contributed by atoms with Crippen molar-refractivity contribution in [2.45, 2.75) is 38.6 Å². The zero-order valence-electron chi connectivity index (χ0n) is 11.5. The lowest BCUT2D eigenvalue weighted by Gasteiger charge is -2.25. The Kier molecular flexibility index (Phi) is 4.02. The number of benzene rings is 1. The van der Waals surface area contributed by atoms with Crippen LogP contribution in [0.25, 0.3) is 11.4 Å². The smallest absolute Gasteiger partial charge is 0.166 e. The monoisotopic (exact) mass is 341 g/mol. The van der Waals surface area contributed by atoms with Crippen LogP contribution in [0.15, 0.2) is 18.2 Å². The van der Waals surface area contributed by atoms with E-state index in [2.05, 4.69) is 51.5 Å². The van der Waals surface area contributed by atoms with E-state index >= 15 is 0 Å². The van der Waals surface area contributed by atoms with Crippen molar-refractivity contribution in [1.82, 2.24) is 14.8 Å². The molecular formula is C14H17BrClN3. The van der Waals surface area contributed by atoms with E-state index in [1.54, 1.807) is 0 Å². The van der Waals surface area contributed by atoms with Crippen molar-refractivity contribution >= 4 is 27.5 Å². The highest BCUT2D eigenvalue weighted by Crippen LogP contribution is 2.33. The summed E-state index contributed by atoms with van der Waals surface area (Å²) in [6, 6.07) is 5.97. The van der Waals surface area contributed by atoms with Gasteiger partial charge in [0.1, 0.15) is 5.82 Å². The Morgan fingerprint density at radius 2 is 1.95 bits per heavy atom. The first-order valence-electron chi connectivity index (χ1n) is 6.12. The molecular weight excluding hydrogens is 326 g/mol. The second-order valence-electron chi connectivity index (χ2n) is 5.52. The Morgan fingerprint density at radius 1 is 1.26 bits per heavy atom. The van der Waals surface area contributed by atoms with Crippen LogP contribution in [-0.4, -0.2) is 14.8 Å². The molecule has 102 valence electrons. The maximum atomic E-state index is 6.41. The molecule has 2 aromatic rings. The minimum atomic E-state index is -0.102. The quantitative estimate of drug-likeness (QED) is 0.749. The fourth-order valence-corrected chi connectivity index (χ4v) is 2.68. The van der Waals surface area contributed by atoms with E-state index in [0.29, 0.717) is 5.33 Å². The van der Waals surface area contributed by atoms with E-state index in [1.807, 2.05) is 25.1 Å². The van der Waals surface area contributed by atoms with Gasteiger partial charge in [-0.1, -0.05) is 39.7 Å². The number of halogens is 2. The molecule has 19 heavy (non-hydrogen) atoms. The van der Waals surface area contributed by atoms with Crippen molar-refractivity contribution in [3.63, 3.8) is 0 Å². The zero-order valence-corrected chi connectivity index (χ0v) is 13.9. The van der Waals surface area contributed by atoms with Crippen LogP contribution in [0.3, 0.4) is 0 Å². The summed E-state index contributed by atoms with van der Waals surface area (Å²) in [6.07, 6.45) is 0. The molecule has 0 saturated carbocycles. The minimum absolute atomic E-state index is 0.102. The maximum absolute atomic E-state index is 6.41. The van der Waals surface area contributed by atoms with Gasteiger partial charge in [-0.3, -0.25) is 0 Å². The van der Waals surface area contributed by atoms with Gasteiger partial charge in [0.05, 0.1) is 10.4 Å². The zero-order chi connectivity index (χ0) is 14.2. The van der Waals surface area contributed by atoms with Gasteiger partial charge in [0.2, 0.25) is 0 Å². The van der Waals surface area contributed by atoms with Gasteiger partial charge in [-0.25, -0.2) is 0 Å². The number of rotatable bonds is 2.